The quantitative estimate of drug-likeness (QED) is 0.749. The molecule has 94 valence electrons. The van der Waals surface area contributed by atoms with Crippen molar-refractivity contribution in [1.82, 2.24) is 10.2 Å². The first-order chi connectivity index (χ1) is 7.49. The fourth-order valence-corrected chi connectivity index (χ4v) is 3.08. The van der Waals surface area contributed by atoms with Gasteiger partial charge >= 0.3 is 6.18 Å². The van der Waals surface area contributed by atoms with Crippen LogP contribution in [0.4, 0.5) is 13.2 Å². The van der Waals surface area contributed by atoms with Gasteiger partial charge in [0, 0.05) is 13.1 Å². The molecule has 0 amide bonds. The average Bonchev–Trinajstić information content (AvgIpc) is 2.16. The van der Waals surface area contributed by atoms with Gasteiger partial charge in [-0.3, -0.25) is 4.90 Å². The molecular weight excluding hydrogens is 217 g/mol. The highest BCUT2D eigenvalue weighted by molar-refractivity contribution is 4.91. The molecule has 0 aromatic heterocycles. The summed E-state index contributed by atoms with van der Waals surface area (Å²) in [6.45, 7) is 2.37. The summed E-state index contributed by atoms with van der Waals surface area (Å²) >= 11 is 0. The second kappa shape index (κ2) is 4.53. The number of alkyl halides is 3. The molecule has 16 heavy (non-hydrogen) atoms. The van der Waals surface area contributed by atoms with E-state index in [1.165, 1.54) is 0 Å². The molecule has 1 spiro atoms. The summed E-state index contributed by atoms with van der Waals surface area (Å²) in [5, 5.41) is 3.32. The number of likely N-dealkylation sites (tertiary alicyclic amines) is 1. The Morgan fingerprint density at radius 1 is 1.19 bits per heavy atom. The summed E-state index contributed by atoms with van der Waals surface area (Å²) in [4.78, 5) is 1.58. The lowest BCUT2D eigenvalue weighted by atomic mass is 9.74. The molecule has 1 N–H and O–H groups in total. The highest BCUT2D eigenvalue weighted by Gasteiger charge is 2.40. The van der Waals surface area contributed by atoms with E-state index in [2.05, 4.69) is 5.32 Å². The van der Waals surface area contributed by atoms with E-state index in [4.69, 9.17) is 0 Å². The third kappa shape index (κ3) is 3.10. The van der Waals surface area contributed by atoms with Crippen molar-refractivity contribution < 1.29 is 13.2 Å². The van der Waals surface area contributed by atoms with Gasteiger partial charge in [0.05, 0.1) is 6.54 Å². The molecule has 2 nitrogen and oxygen atoms in total. The Morgan fingerprint density at radius 2 is 1.94 bits per heavy atom. The minimum absolute atomic E-state index is 0.113. The van der Waals surface area contributed by atoms with Crippen LogP contribution >= 0.6 is 0 Å². The van der Waals surface area contributed by atoms with Crippen molar-refractivity contribution in [2.24, 2.45) is 5.41 Å². The maximum absolute atomic E-state index is 12.3. The second-order valence-corrected chi connectivity index (χ2v) is 5.21. The number of hydrogen-bond acceptors (Lipinski definition) is 2. The molecule has 1 unspecified atom stereocenters. The van der Waals surface area contributed by atoms with Crippen LogP contribution in [0.2, 0.25) is 0 Å². The number of nitrogens with one attached hydrogen (secondary N) is 1. The number of rotatable bonds is 1. The summed E-state index contributed by atoms with van der Waals surface area (Å²) in [6, 6.07) is 0. The summed E-state index contributed by atoms with van der Waals surface area (Å²) in [7, 11) is 0. The van der Waals surface area contributed by atoms with E-state index < -0.39 is 12.7 Å². The Kier molecular flexibility index (Phi) is 3.45. The smallest absolute Gasteiger partial charge is 0.316 e. The molecule has 1 atom stereocenters. The van der Waals surface area contributed by atoms with Crippen LogP contribution in [-0.2, 0) is 0 Å². The SMILES string of the molecule is FC(F)(F)CN1CCCC2(CCCNC2)C1. The molecule has 5 heteroatoms. The van der Waals surface area contributed by atoms with Crippen LogP contribution < -0.4 is 5.32 Å². The van der Waals surface area contributed by atoms with E-state index in [0.717, 1.165) is 38.8 Å². The molecule has 0 aliphatic carbocycles. The minimum Gasteiger partial charge on any atom is -0.316 e. The summed E-state index contributed by atoms with van der Waals surface area (Å²) < 4.78 is 37.0. The van der Waals surface area contributed by atoms with Gasteiger partial charge in [-0.25, -0.2) is 0 Å². The van der Waals surface area contributed by atoms with Crippen molar-refractivity contribution >= 4 is 0 Å². The maximum atomic E-state index is 12.3. The average molecular weight is 236 g/mol. The summed E-state index contributed by atoms with van der Waals surface area (Å²) in [5.41, 5.74) is 0.113. The van der Waals surface area contributed by atoms with Gasteiger partial charge in [-0.2, -0.15) is 13.2 Å². The van der Waals surface area contributed by atoms with Crippen molar-refractivity contribution in [3.8, 4) is 0 Å². The Hall–Kier alpha value is -0.290. The van der Waals surface area contributed by atoms with Crippen LogP contribution in [0.25, 0.3) is 0 Å². The molecule has 0 aromatic carbocycles. The molecule has 2 aliphatic heterocycles. The first-order valence-electron chi connectivity index (χ1n) is 5.99. The van der Waals surface area contributed by atoms with Crippen molar-refractivity contribution in [3.63, 3.8) is 0 Å². The van der Waals surface area contributed by atoms with Gasteiger partial charge in [0.2, 0.25) is 0 Å². The third-order valence-corrected chi connectivity index (χ3v) is 3.70. The first-order valence-corrected chi connectivity index (χ1v) is 5.99. The van der Waals surface area contributed by atoms with Crippen molar-refractivity contribution in [3.05, 3.63) is 0 Å². The van der Waals surface area contributed by atoms with Crippen molar-refractivity contribution in [2.45, 2.75) is 31.9 Å². The van der Waals surface area contributed by atoms with Crippen LogP contribution in [0.5, 0.6) is 0 Å². The zero-order chi connectivity index (χ0) is 11.6. The van der Waals surface area contributed by atoms with Gasteiger partial charge < -0.3 is 5.32 Å². The highest BCUT2D eigenvalue weighted by atomic mass is 19.4. The van der Waals surface area contributed by atoms with Crippen LogP contribution in [-0.4, -0.2) is 43.8 Å². The van der Waals surface area contributed by atoms with Gasteiger partial charge in [0.15, 0.2) is 0 Å². The van der Waals surface area contributed by atoms with Gasteiger partial charge in [-0.05, 0) is 44.2 Å². The van der Waals surface area contributed by atoms with Crippen LogP contribution in [0, 0.1) is 5.41 Å². The van der Waals surface area contributed by atoms with Gasteiger partial charge in [-0.1, -0.05) is 0 Å². The number of piperidine rings is 2. The summed E-state index contributed by atoms with van der Waals surface area (Å²) in [5.74, 6) is 0. The standard InChI is InChI=1S/C11H19F3N2/c12-11(13,14)9-16-6-2-4-10(8-16)3-1-5-15-7-10/h15H,1-9H2. The molecule has 2 heterocycles. The first kappa shape index (κ1) is 12.2. The predicted molar refractivity (Wildman–Crippen MR) is 56.3 cm³/mol. The monoisotopic (exact) mass is 236 g/mol. The van der Waals surface area contributed by atoms with Gasteiger partial charge in [-0.15, -0.1) is 0 Å². The Balaban J connectivity index is 1.92. The number of halogens is 3. The molecule has 2 rings (SSSR count). The number of nitrogens with zero attached hydrogens (tertiary/aromatic N) is 1. The molecule has 0 saturated carbocycles. The summed E-state index contributed by atoms with van der Waals surface area (Å²) in [6.07, 6.45) is 0.0982. The van der Waals surface area contributed by atoms with Gasteiger partial charge in [0.25, 0.3) is 0 Å². The molecule has 0 radical (unpaired) electrons. The van der Waals surface area contributed by atoms with Gasteiger partial charge in [0.1, 0.15) is 0 Å². The third-order valence-electron chi connectivity index (χ3n) is 3.70. The topological polar surface area (TPSA) is 15.3 Å². The zero-order valence-corrected chi connectivity index (χ0v) is 9.45. The maximum Gasteiger partial charge on any atom is 0.401 e. The highest BCUT2D eigenvalue weighted by Crippen LogP contribution is 2.36. The fraction of sp³-hybridized carbons (Fsp3) is 1.00. The van der Waals surface area contributed by atoms with E-state index in [9.17, 15) is 13.2 Å². The molecule has 2 fully saturated rings. The zero-order valence-electron chi connectivity index (χ0n) is 9.45. The van der Waals surface area contributed by atoms with Crippen LogP contribution in [0.15, 0.2) is 0 Å². The van der Waals surface area contributed by atoms with E-state index >= 15 is 0 Å². The largest absolute Gasteiger partial charge is 0.401 e. The molecule has 0 aromatic rings. The molecule has 0 bridgehead atoms. The molecule has 2 saturated heterocycles. The van der Waals surface area contributed by atoms with E-state index in [0.29, 0.717) is 13.1 Å². The van der Waals surface area contributed by atoms with E-state index in [1.807, 2.05) is 0 Å². The number of hydrogen-bond donors (Lipinski definition) is 1. The Morgan fingerprint density at radius 3 is 2.56 bits per heavy atom. The van der Waals surface area contributed by atoms with Crippen molar-refractivity contribution in [2.75, 3.05) is 32.7 Å². The Labute approximate surface area is 94.2 Å². The fourth-order valence-electron chi connectivity index (χ4n) is 3.08. The van der Waals surface area contributed by atoms with E-state index in [1.54, 1.807) is 4.90 Å². The Bertz CT molecular complexity index is 228. The second-order valence-electron chi connectivity index (χ2n) is 5.21. The van der Waals surface area contributed by atoms with Crippen LogP contribution in [0.3, 0.4) is 0 Å². The van der Waals surface area contributed by atoms with E-state index in [-0.39, 0.29) is 5.41 Å². The normalized spacial score (nSPS) is 33.2. The van der Waals surface area contributed by atoms with Crippen molar-refractivity contribution in [1.29, 1.82) is 0 Å². The lowest BCUT2D eigenvalue weighted by Crippen LogP contribution is -2.52. The predicted octanol–water partition coefficient (Wildman–Crippen LogP) is 2.01. The molecule has 2 aliphatic rings. The molecular formula is C11H19F3N2. The minimum atomic E-state index is -4.05. The lowest BCUT2D eigenvalue weighted by molar-refractivity contribution is -0.153. The van der Waals surface area contributed by atoms with Crippen LogP contribution in [0.1, 0.15) is 25.7 Å². The lowest BCUT2D eigenvalue weighted by Gasteiger charge is -2.45.